The summed E-state index contributed by atoms with van der Waals surface area (Å²) in [7, 11) is 0. The van der Waals surface area contributed by atoms with Crippen molar-refractivity contribution in [1.82, 2.24) is 10.3 Å². The van der Waals surface area contributed by atoms with Gasteiger partial charge >= 0.3 is 6.18 Å². The normalized spacial score (nSPS) is 15.3. The van der Waals surface area contributed by atoms with Crippen molar-refractivity contribution < 1.29 is 13.2 Å². The molecule has 1 heterocycles. The lowest BCUT2D eigenvalue weighted by atomic mass is 10.2. The lowest BCUT2D eigenvalue weighted by molar-refractivity contribution is -0.119. The highest BCUT2D eigenvalue weighted by Crippen LogP contribution is 2.26. The summed E-state index contributed by atoms with van der Waals surface area (Å²) in [5, 5.41) is 3.79. The van der Waals surface area contributed by atoms with Gasteiger partial charge in [0.25, 0.3) is 0 Å². The first-order chi connectivity index (χ1) is 9.89. The zero-order chi connectivity index (χ0) is 15.5. The monoisotopic (exact) mass is 321 g/mol. The molecule has 0 aliphatic heterocycles. The Morgan fingerprint density at radius 3 is 2.71 bits per heavy atom. The number of halogens is 4. The topological polar surface area (TPSA) is 28.2 Å². The third kappa shape index (κ3) is 5.36. The highest BCUT2D eigenvalue weighted by molar-refractivity contribution is 6.31. The Bertz CT molecular complexity index is 475. The molecular formula is C14H19ClF3N3. The van der Waals surface area contributed by atoms with Gasteiger partial charge in [0.05, 0.1) is 5.02 Å². The fraction of sp³-hybridized carbons (Fsp3) is 0.643. The molecular weight excluding hydrogens is 303 g/mol. The second-order valence-corrected chi connectivity index (χ2v) is 5.73. The summed E-state index contributed by atoms with van der Waals surface area (Å²) in [6, 6.07) is 2.17. The summed E-state index contributed by atoms with van der Waals surface area (Å²) in [5.74, 6) is 0.325. The second kappa shape index (κ2) is 6.83. The number of pyridine rings is 1. The van der Waals surface area contributed by atoms with Gasteiger partial charge in [-0.3, -0.25) is 0 Å². The zero-order valence-corrected chi connectivity index (χ0v) is 12.6. The first kappa shape index (κ1) is 16.4. The third-order valence-corrected chi connectivity index (χ3v) is 3.61. The maximum Gasteiger partial charge on any atom is 0.405 e. The Kier molecular flexibility index (Phi) is 5.32. The highest BCUT2D eigenvalue weighted by atomic mass is 35.5. The molecule has 0 aromatic carbocycles. The molecule has 2 rings (SSSR count). The summed E-state index contributed by atoms with van der Waals surface area (Å²) >= 11 is 6.07. The van der Waals surface area contributed by atoms with Crippen LogP contribution >= 0.6 is 11.6 Å². The number of hydrogen-bond acceptors (Lipinski definition) is 3. The van der Waals surface area contributed by atoms with Crippen molar-refractivity contribution in [3.8, 4) is 0 Å². The van der Waals surface area contributed by atoms with Gasteiger partial charge in [-0.15, -0.1) is 0 Å². The molecule has 21 heavy (non-hydrogen) atoms. The van der Waals surface area contributed by atoms with E-state index >= 15 is 0 Å². The van der Waals surface area contributed by atoms with Crippen LogP contribution in [0.3, 0.4) is 0 Å². The van der Waals surface area contributed by atoms with Gasteiger partial charge in [-0.1, -0.05) is 18.5 Å². The molecule has 0 bridgehead atoms. The number of nitrogens with zero attached hydrogens (tertiary/aromatic N) is 2. The lowest BCUT2D eigenvalue weighted by Crippen LogP contribution is -2.35. The Morgan fingerprint density at radius 1 is 1.43 bits per heavy atom. The van der Waals surface area contributed by atoms with Crippen molar-refractivity contribution in [2.24, 2.45) is 0 Å². The van der Waals surface area contributed by atoms with E-state index in [1.54, 1.807) is 6.07 Å². The summed E-state index contributed by atoms with van der Waals surface area (Å²) in [6.07, 6.45) is 0.0932. The average Bonchev–Trinajstić information content (AvgIpc) is 3.20. The molecule has 1 N–H and O–H groups in total. The second-order valence-electron chi connectivity index (χ2n) is 5.33. The molecule has 0 unspecified atom stereocenters. The van der Waals surface area contributed by atoms with Gasteiger partial charge in [-0.05, 0) is 30.9 Å². The van der Waals surface area contributed by atoms with Crippen molar-refractivity contribution in [3.05, 3.63) is 22.8 Å². The quantitative estimate of drug-likeness (QED) is 0.828. The van der Waals surface area contributed by atoms with Gasteiger partial charge in [0, 0.05) is 25.3 Å². The molecule has 1 saturated carbocycles. The fourth-order valence-electron chi connectivity index (χ4n) is 2.08. The minimum absolute atomic E-state index is 0.309. The molecule has 1 aromatic rings. The van der Waals surface area contributed by atoms with E-state index < -0.39 is 12.7 Å². The van der Waals surface area contributed by atoms with Crippen LogP contribution in [0.4, 0.5) is 19.0 Å². The van der Waals surface area contributed by atoms with Crippen molar-refractivity contribution in [3.63, 3.8) is 0 Å². The van der Waals surface area contributed by atoms with Crippen LogP contribution in [0, 0.1) is 0 Å². The van der Waals surface area contributed by atoms with Gasteiger partial charge in [-0.2, -0.15) is 13.2 Å². The van der Waals surface area contributed by atoms with Crippen LogP contribution in [0.25, 0.3) is 0 Å². The molecule has 0 radical (unpaired) electrons. The number of hydrogen-bond donors (Lipinski definition) is 1. The Hall–Kier alpha value is -1.01. The van der Waals surface area contributed by atoms with E-state index in [4.69, 9.17) is 11.6 Å². The predicted octanol–water partition coefficient (Wildman–Crippen LogP) is 3.77. The van der Waals surface area contributed by atoms with Gasteiger partial charge in [0.1, 0.15) is 12.4 Å². The molecule has 1 aliphatic rings. The predicted molar refractivity (Wildman–Crippen MR) is 77.7 cm³/mol. The van der Waals surface area contributed by atoms with E-state index in [9.17, 15) is 13.2 Å². The number of anilines is 1. The first-order valence-corrected chi connectivity index (χ1v) is 7.46. The van der Waals surface area contributed by atoms with Crippen LogP contribution in [0.5, 0.6) is 0 Å². The van der Waals surface area contributed by atoms with Crippen molar-refractivity contribution >= 4 is 17.4 Å². The number of aromatic nitrogens is 1. The number of nitrogens with one attached hydrogen (secondary N) is 1. The number of alkyl halides is 3. The van der Waals surface area contributed by atoms with Crippen LogP contribution in [0.2, 0.25) is 5.02 Å². The molecule has 1 aromatic heterocycles. The van der Waals surface area contributed by atoms with Crippen LogP contribution < -0.4 is 10.2 Å². The maximum atomic E-state index is 12.6. The molecule has 1 fully saturated rings. The lowest BCUT2D eigenvalue weighted by Gasteiger charge is -2.25. The molecule has 1 aliphatic carbocycles. The first-order valence-electron chi connectivity index (χ1n) is 7.08. The zero-order valence-electron chi connectivity index (χ0n) is 11.9. The SMILES string of the molecule is CCCN(CC(F)(F)F)c1cc(CNC2CC2)c(Cl)cn1. The summed E-state index contributed by atoms with van der Waals surface area (Å²) in [4.78, 5) is 5.30. The van der Waals surface area contributed by atoms with Crippen LogP contribution in [0.1, 0.15) is 31.7 Å². The Labute approximate surface area is 127 Å². The van der Waals surface area contributed by atoms with E-state index in [1.165, 1.54) is 11.1 Å². The largest absolute Gasteiger partial charge is 0.405 e. The van der Waals surface area contributed by atoms with E-state index in [-0.39, 0.29) is 0 Å². The van der Waals surface area contributed by atoms with Gasteiger partial charge in [0.15, 0.2) is 0 Å². The van der Waals surface area contributed by atoms with E-state index in [0.29, 0.717) is 36.4 Å². The molecule has 0 saturated heterocycles. The summed E-state index contributed by atoms with van der Waals surface area (Å²) < 4.78 is 37.9. The van der Waals surface area contributed by atoms with E-state index in [2.05, 4.69) is 10.3 Å². The van der Waals surface area contributed by atoms with Gasteiger partial charge < -0.3 is 10.2 Å². The molecule has 0 amide bonds. The van der Waals surface area contributed by atoms with Gasteiger partial charge in [-0.25, -0.2) is 4.98 Å². The highest BCUT2D eigenvalue weighted by Gasteiger charge is 2.31. The van der Waals surface area contributed by atoms with E-state index in [0.717, 1.165) is 18.4 Å². The molecule has 0 spiro atoms. The minimum Gasteiger partial charge on any atom is -0.348 e. The van der Waals surface area contributed by atoms with E-state index in [1.807, 2.05) is 6.92 Å². The van der Waals surface area contributed by atoms with Crippen molar-refractivity contribution in [2.45, 2.75) is 44.9 Å². The average molecular weight is 322 g/mol. The Morgan fingerprint density at radius 2 is 2.14 bits per heavy atom. The molecule has 7 heteroatoms. The smallest absolute Gasteiger partial charge is 0.348 e. The van der Waals surface area contributed by atoms with Crippen molar-refractivity contribution in [2.75, 3.05) is 18.0 Å². The van der Waals surface area contributed by atoms with Gasteiger partial charge in [0.2, 0.25) is 0 Å². The third-order valence-electron chi connectivity index (χ3n) is 3.27. The fourth-order valence-corrected chi connectivity index (χ4v) is 2.25. The molecule has 118 valence electrons. The van der Waals surface area contributed by atoms with Crippen LogP contribution in [-0.4, -0.2) is 30.3 Å². The minimum atomic E-state index is -4.25. The standard InChI is InChI=1S/C14H19ClF3N3/c1-2-5-21(9-14(16,17)18)13-6-10(12(15)8-20-13)7-19-11-3-4-11/h6,8,11,19H,2-5,7,9H2,1H3. The summed E-state index contributed by atoms with van der Waals surface area (Å²) in [6.45, 7) is 1.72. The van der Waals surface area contributed by atoms with Crippen LogP contribution in [0.15, 0.2) is 12.3 Å². The Balaban J connectivity index is 2.12. The molecule has 3 nitrogen and oxygen atoms in total. The summed E-state index contributed by atoms with van der Waals surface area (Å²) in [5.41, 5.74) is 0.789. The van der Waals surface area contributed by atoms with Crippen LogP contribution in [-0.2, 0) is 6.54 Å². The molecule has 0 atom stereocenters. The maximum absolute atomic E-state index is 12.6. The number of rotatable bonds is 7. The van der Waals surface area contributed by atoms with Crippen molar-refractivity contribution in [1.29, 1.82) is 0 Å².